The SMILES string of the molecule is CCC[C@H]1OC(=O)[C@H](C)[C@@H](O)[C@H](C)[C@@H](O[C@@H]2O[C@@H](C)CC(N(C)C)C2OC(C)=O)[C@@H](C)C[C@@H](C)C(=O)/C(C)=C/[C@]1(C)O. The molecule has 10 nitrogen and oxygen atoms in total. The van der Waals surface area contributed by atoms with Crippen LogP contribution in [-0.2, 0) is 33.3 Å². The summed E-state index contributed by atoms with van der Waals surface area (Å²) in [6.07, 6.45) is -0.995. The molecule has 42 heavy (non-hydrogen) atoms. The van der Waals surface area contributed by atoms with Crippen molar-refractivity contribution in [3.05, 3.63) is 11.6 Å². The van der Waals surface area contributed by atoms with Gasteiger partial charge in [0, 0.05) is 18.8 Å². The number of ketones is 1. The molecule has 1 saturated heterocycles. The van der Waals surface area contributed by atoms with E-state index in [1.165, 1.54) is 19.9 Å². The van der Waals surface area contributed by atoms with Gasteiger partial charge in [0.2, 0.25) is 0 Å². The molecular formula is C32H55NO9. The van der Waals surface area contributed by atoms with Crippen molar-refractivity contribution in [1.29, 1.82) is 0 Å². The second-order valence-electron chi connectivity index (χ2n) is 13.1. The number of rotatable bonds is 6. The van der Waals surface area contributed by atoms with Crippen molar-refractivity contribution < 1.29 is 43.5 Å². The Morgan fingerprint density at radius 1 is 1.12 bits per heavy atom. The first kappa shape index (κ1) is 36.3. The summed E-state index contributed by atoms with van der Waals surface area (Å²) in [6.45, 7) is 15.6. The molecule has 12 atom stereocenters. The fourth-order valence-corrected chi connectivity index (χ4v) is 6.45. The summed E-state index contributed by atoms with van der Waals surface area (Å²) in [5.74, 6) is -3.43. The molecule has 0 bridgehead atoms. The first-order valence-corrected chi connectivity index (χ1v) is 15.4. The zero-order valence-electron chi connectivity index (χ0n) is 27.5. The Hall–Kier alpha value is -1.85. The quantitative estimate of drug-likeness (QED) is 0.437. The van der Waals surface area contributed by atoms with E-state index in [1.807, 2.05) is 46.7 Å². The van der Waals surface area contributed by atoms with Gasteiger partial charge < -0.3 is 34.1 Å². The van der Waals surface area contributed by atoms with Crippen molar-refractivity contribution in [1.82, 2.24) is 4.90 Å². The standard InChI is InChI=1S/C32H55NO9/c1-12-13-25-32(9,38)16-19(4)26(35)17(2)14-18(3)28(21(6)27(36)22(7)30(37)41-25)42-31-29(40-23(8)34)24(33(10)11)15-20(5)39-31/h16-18,20-22,24-25,27-29,31,36,38H,12-15H2,1-11H3/b19-16+/t17-,18+,20+,21+,22-,24?,25-,27+,28+,29?,31+,32+/m1/s1. The van der Waals surface area contributed by atoms with Gasteiger partial charge in [-0.25, -0.2) is 0 Å². The lowest BCUT2D eigenvalue weighted by Crippen LogP contribution is -2.57. The maximum Gasteiger partial charge on any atom is 0.311 e. The van der Waals surface area contributed by atoms with Crippen LogP contribution >= 0.6 is 0 Å². The molecule has 2 aliphatic heterocycles. The number of nitrogens with zero attached hydrogens (tertiary/aromatic N) is 1. The van der Waals surface area contributed by atoms with Gasteiger partial charge in [0.05, 0.1) is 30.3 Å². The smallest absolute Gasteiger partial charge is 0.311 e. The first-order valence-electron chi connectivity index (χ1n) is 15.4. The lowest BCUT2D eigenvalue weighted by atomic mass is 9.79. The lowest BCUT2D eigenvalue weighted by molar-refractivity contribution is -0.286. The van der Waals surface area contributed by atoms with Gasteiger partial charge >= 0.3 is 11.9 Å². The van der Waals surface area contributed by atoms with Crippen LogP contribution in [0, 0.1) is 23.7 Å². The minimum atomic E-state index is -1.56. The number of carbonyl (C=O) groups is 3. The van der Waals surface area contributed by atoms with Crippen LogP contribution in [-0.4, -0.2) is 95.4 Å². The number of Topliss-reactive ketones (excluding diaryl/α,β-unsaturated/α-hetero) is 1. The molecule has 2 N–H and O–H groups in total. The van der Waals surface area contributed by atoms with E-state index in [0.717, 1.165) is 0 Å². The lowest BCUT2D eigenvalue weighted by Gasteiger charge is -2.45. The van der Waals surface area contributed by atoms with Crippen molar-refractivity contribution in [2.75, 3.05) is 14.1 Å². The van der Waals surface area contributed by atoms with Crippen molar-refractivity contribution in [2.24, 2.45) is 23.7 Å². The molecule has 0 saturated carbocycles. The van der Waals surface area contributed by atoms with Crippen LogP contribution < -0.4 is 0 Å². The van der Waals surface area contributed by atoms with Gasteiger partial charge in [-0.05, 0) is 78.6 Å². The molecule has 0 radical (unpaired) electrons. The molecular weight excluding hydrogens is 542 g/mol. The van der Waals surface area contributed by atoms with Crippen LogP contribution in [0.15, 0.2) is 11.6 Å². The van der Waals surface area contributed by atoms with Gasteiger partial charge in [-0.2, -0.15) is 0 Å². The third kappa shape index (κ3) is 9.08. The number of aliphatic hydroxyl groups is 2. The highest BCUT2D eigenvalue weighted by Gasteiger charge is 2.46. The van der Waals surface area contributed by atoms with E-state index in [1.54, 1.807) is 20.8 Å². The molecule has 0 spiro atoms. The van der Waals surface area contributed by atoms with E-state index in [4.69, 9.17) is 18.9 Å². The number of cyclic esters (lactones) is 1. The largest absolute Gasteiger partial charge is 0.459 e. The highest BCUT2D eigenvalue weighted by Crippen LogP contribution is 2.35. The highest BCUT2D eigenvalue weighted by atomic mass is 16.7. The predicted molar refractivity (Wildman–Crippen MR) is 158 cm³/mol. The van der Waals surface area contributed by atoms with Gasteiger partial charge in [-0.15, -0.1) is 0 Å². The van der Waals surface area contributed by atoms with Gasteiger partial charge in [-0.3, -0.25) is 14.4 Å². The van der Waals surface area contributed by atoms with Crippen LogP contribution in [0.5, 0.6) is 0 Å². The number of allylic oxidation sites excluding steroid dienone is 1. The van der Waals surface area contributed by atoms with Crippen molar-refractivity contribution in [2.45, 2.75) is 136 Å². The summed E-state index contributed by atoms with van der Waals surface area (Å²) in [7, 11) is 3.82. The van der Waals surface area contributed by atoms with E-state index < -0.39 is 66.0 Å². The Morgan fingerprint density at radius 3 is 2.29 bits per heavy atom. The molecule has 0 amide bonds. The molecule has 0 aromatic carbocycles. The number of hydrogen-bond donors (Lipinski definition) is 2. The van der Waals surface area contributed by atoms with E-state index in [2.05, 4.69) is 0 Å². The Balaban J connectivity index is 2.55. The summed E-state index contributed by atoms with van der Waals surface area (Å²) < 4.78 is 24.3. The van der Waals surface area contributed by atoms with E-state index >= 15 is 0 Å². The average molecular weight is 598 g/mol. The number of aliphatic hydroxyl groups excluding tert-OH is 1. The molecule has 10 heteroatoms. The summed E-state index contributed by atoms with van der Waals surface area (Å²) in [5.41, 5.74) is -1.17. The first-order chi connectivity index (χ1) is 19.4. The average Bonchev–Trinajstić information content (AvgIpc) is 2.89. The fourth-order valence-electron chi connectivity index (χ4n) is 6.45. The molecule has 2 rings (SSSR count). The minimum Gasteiger partial charge on any atom is -0.459 e. The maximum atomic E-state index is 13.4. The molecule has 0 aromatic heterocycles. The van der Waals surface area contributed by atoms with Crippen molar-refractivity contribution in [3.8, 4) is 0 Å². The molecule has 2 heterocycles. The number of carbonyl (C=O) groups excluding carboxylic acids is 3. The molecule has 1 fully saturated rings. The maximum absolute atomic E-state index is 13.4. The predicted octanol–water partition coefficient (Wildman–Crippen LogP) is 3.66. The molecule has 0 aliphatic carbocycles. The van der Waals surface area contributed by atoms with Crippen molar-refractivity contribution >= 4 is 17.7 Å². The summed E-state index contributed by atoms with van der Waals surface area (Å²) >= 11 is 0. The third-order valence-electron chi connectivity index (χ3n) is 8.88. The highest BCUT2D eigenvalue weighted by molar-refractivity contribution is 5.96. The van der Waals surface area contributed by atoms with Gasteiger partial charge in [0.1, 0.15) is 11.7 Å². The van der Waals surface area contributed by atoms with Crippen LogP contribution in [0.3, 0.4) is 0 Å². The monoisotopic (exact) mass is 597 g/mol. The van der Waals surface area contributed by atoms with Gasteiger partial charge in [0.15, 0.2) is 18.2 Å². The number of hydrogen-bond acceptors (Lipinski definition) is 10. The van der Waals surface area contributed by atoms with Crippen LogP contribution in [0.1, 0.15) is 88.0 Å². The third-order valence-corrected chi connectivity index (χ3v) is 8.88. The zero-order chi connectivity index (χ0) is 32.1. The van der Waals surface area contributed by atoms with E-state index in [0.29, 0.717) is 31.3 Å². The second kappa shape index (κ2) is 15.2. The normalized spacial score (nSPS) is 42.3. The Morgan fingerprint density at radius 2 is 1.74 bits per heavy atom. The van der Waals surface area contributed by atoms with E-state index in [9.17, 15) is 24.6 Å². The minimum absolute atomic E-state index is 0.130. The molecule has 0 aromatic rings. The number of likely N-dealkylation sites (N-methyl/N-ethyl adjacent to an activating group) is 1. The Kier molecular flexibility index (Phi) is 13.2. The topological polar surface area (TPSA) is 132 Å². The second-order valence-corrected chi connectivity index (χ2v) is 13.1. The summed E-state index contributed by atoms with van der Waals surface area (Å²) in [4.78, 5) is 40.8. The van der Waals surface area contributed by atoms with Crippen LogP contribution in [0.2, 0.25) is 0 Å². The van der Waals surface area contributed by atoms with Gasteiger partial charge in [-0.1, -0.05) is 34.1 Å². The summed E-state index contributed by atoms with van der Waals surface area (Å²) in [5, 5.41) is 22.8. The Labute approximate surface area is 252 Å². The van der Waals surface area contributed by atoms with Crippen LogP contribution in [0.25, 0.3) is 0 Å². The molecule has 2 aliphatic rings. The molecule has 2 unspecified atom stereocenters. The number of ether oxygens (including phenoxy) is 4. The van der Waals surface area contributed by atoms with Crippen molar-refractivity contribution in [3.63, 3.8) is 0 Å². The number of esters is 2. The Bertz CT molecular complexity index is 964. The van der Waals surface area contributed by atoms with Crippen LogP contribution in [0.4, 0.5) is 0 Å². The van der Waals surface area contributed by atoms with E-state index in [-0.39, 0.29) is 23.8 Å². The summed E-state index contributed by atoms with van der Waals surface area (Å²) in [6, 6.07) is -0.165. The molecule has 242 valence electrons. The fraction of sp³-hybridized carbons (Fsp3) is 0.844. The zero-order valence-corrected chi connectivity index (χ0v) is 27.5. The van der Waals surface area contributed by atoms with Gasteiger partial charge in [0.25, 0.3) is 0 Å².